The first kappa shape index (κ1) is 17.1. The Morgan fingerprint density at radius 1 is 1.19 bits per heavy atom. The number of rotatable bonds is 4. The van der Waals surface area contributed by atoms with Crippen molar-refractivity contribution >= 4 is 22.5 Å². The second-order valence-electron chi connectivity index (χ2n) is 7.26. The maximum absolute atomic E-state index is 14.7. The highest BCUT2D eigenvalue weighted by Crippen LogP contribution is 2.37. The minimum absolute atomic E-state index is 0.141. The van der Waals surface area contributed by atoms with Crippen molar-refractivity contribution in [2.45, 2.75) is 38.6 Å². The van der Waals surface area contributed by atoms with E-state index in [1.54, 1.807) is 0 Å². The molecule has 4 rings (SSSR count). The molecule has 0 spiro atoms. The number of amides is 1. The zero-order valence-corrected chi connectivity index (χ0v) is 15.1. The fraction of sp³-hybridized carbons (Fsp3) is 0.500. The molecule has 2 aliphatic rings. The smallest absolute Gasteiger partial charge is 0.222 e. The van der Waals surface area contributed by atoms with Crippen LogP contribution in [0.3, 0.4) is 0 Å². The van der Waals surface area contributed by atoms with Gasteiger partial charge in [-0.15, -0.1) is 0 Å². The van der Waals surface area contributed by atoms with E-state index in [0.29, 0.717) is 49.7 Å². The number of aromatic nitrogens is 1. The first-order chi connectivity index (χ1) is 12.6. The van der Waals surface area contributed by atoms with Gasteiger partial charge in [-0.2, -0.15) is 0 Å². The average molecular weight is 357 g/mol. The predicted octanol–water partition coefficient (Wildman–Crippen LogP) is 2.92. The van der Waals surface area contributed by atoms with Crippen LogP contribution in [0.15, 0.2) is 29.2 Å². The Hall–Kier alpha value is -2.37. The third-order valence-electron chi connectivity index (χ3n) is 5.37. The fourth-order valence-electron chi connectivity index (χ4n) is 3.76. The zero-order chi connectivity index (χ0) is 18.3. The van der Waals surface area contributed by atoms with Crippen molar-refractivity contribution in [1.29, 1.82) is 0 Å². The fourth-order valence-corrected chi connectivity index (χ4v) is 3.76. The van der Waals surface area contributed by atoms with Crippen LogP contribution in [0.25, 0.3) is 10.9 Å². The van der Waals surface area contributed by atoms with Crippen molar-refractivity contribution in [2.24, 2.45) is 0 Å². The molecule has 1 saturated heterocycles. The van der Waals surface area contributed by atoms with Crippen molar-refractivity contribution in [3.63, 3.8) is 0 Å². The highest BCUT2D eigenvalue weighted by molar-refractivity contribution is 5.83. The van der Waals surface area contributed by atoms with Gasteiger partial charge in [0.05, 0.1) is 11.2 Å². The molecule has 1 saturated carbocycles. The number of fused-ring (bicyclic) bond motifs is 1. The van der Waals surface area contributed by atoms with E-state index in [1.165, 1.54) is 12.1 Å². The van der Waals surface area contributed by atoms with Gasteiger partial charge < -0.3 is 14.4 Å². The highest BCUT2D eigenvalue weighted by atomic mass is 19.1. The van der Waals surface area contributed by atoms with Gasteiger partial charge in [0.25, 0.3) is 0 Å². The summed E-state index contributed by atoms with van der Waals surface area (Å²) < 4.78 is 16.8. The summed E-state index contributed by atoms with van der Waals surface area (Å²) >= 11 is 0. The lowest BCUT2D eigenvalue weighted by Gasteiger charge is -2.36. The van der Waals surface area contributed by atoms with Gasteiger partial charge in [0.2, 0.25) is 5.91 Å². The summed E-state index contributed by atoms with van der Waals surface area (Å²) in [5.74, 6) is -0.190. The number of hydrogen-bond donors (Lipinski definition) is 0. The molecule has 138 valence electrons. The maximum atomic E-state index is 14.7. The molecule has 6 heteroatoms. The first-order valence-corrected chi connectivity index (χ1v) is 9.45. The number of anilines is 1. The van der Waals surface area contributed by atoms with E-state index in [2.05, 4.69) is 4.57 Å². The number of carbonyl (C=O) groups excluding carboxylic acids is 1. The van der Waals surface area contributed by atoms with Crippen LogP contribution >= 0.6 is 0 Å². The first-order valence-electron chi connectivity index (χ1n) is 9.45. The van der Waals surface area contributed by atoms with E-state index in [0.717, 1.165) is 24.8 Å². The van der Waals surface area contributed by atoms with E-state index < -0.39 is 0 Å². The van der Waals surface area contributed by atoms with E-state index >= 15 is 0 Å². The molecular weight excluding hydrogens is 333 g/mol. The second kappa shape index (κ2) is 6.74. The maximum Gasteiger partial charge on any atom is 0.222 e. The van der Waals surface area contributed by atoms with Crippen molar-refractivity contribution < 1.29 is 9.18 Å². The van der Waals surface area contributed by atoms with Crippen LogP contribution in [-0.2, 0) is 4.79 Å². The normalized spacial score (nSPS) is 17.8. The van der Waals surface area contributed by atoms with Gasteiger partial charge in [-0.25, -0.2) is 4.39 Å². The van der Waals surface area contributed by atoms with Crippen LogP contribution in [0.1, 0.15) is 38.6 Å². The Balaban J connectivity index is 1.63. The molecule has 0 radical (unpaired) electrons. The van der Waals surface area contributed by atoms with Crippen molar-refractivity contribution in [1.82, 2.24) is 9.47 Å². The molecule has 1 amide bonds. The molecule has 0 unspecified atom stereocenters. The Kier molecular flexibility index (Phi) is 4.42. The van der Waals surface area contributed by atoms with Gasteiger partial charge in [-0.05, 0) is 31.4 Å². The van der Waals surface area contributed by atoms with Crippen LogP contribution in [0.4, 0.5) is 10.1 Å². The third-order valence-corrected chi connectivity index (χ3v) is 5.37. The second-order valence-corrected chi connectivity index (χ2v) is 7.26. The van der Waals surface area contributed by atoms with Crippen LogP contribution in [0.5, 0.6) is 0 Å². The summed E-state index contributed by atoms with van der Waals surface area (Å²) in [6.45, 7) is 4.44. The zero-order valence-electron chi connectivity index (χ0n) is 15.1. The summed E-state index contributed by atoms with van der Waals surface area (Å²) in [5.41, 5.74) is 1.19. The molecule has 2 fully saturated rings. The molecule has 2 aromatic rings. The Morgan fingerprint density at radius 3 is 2.58 bits per heavy atom. The molecule has 2 heterocycles. The SMILES string of the molecule is CCCC(=O)N1CCN(c2cc3c(cc2F)c(=O)ccn3C2CC2)CC1. The number of carbonyl (C=O) groups is 1. The van der Waals surface area contributed by atoms with Gasteiger partial charge in [-0.1, -0.05) is 6.92 Å². The number of benzene rings is 1. The molecule has 5 nitrogen and oxygen atoms in total. The summed E-state index contributed by atoms with van der Waals surface area (Å²) in [4.78, 5) is 28.0. The average Bonchev–Trinajstić information content (AvgIpc) is 3.47. The molecular formula is C20H24FN3O2. The van der Waals surface area contributed by atoms with Gasteiger partial charge in [-0.3, -0.25) is 9.59 Å². The summed E-state index contributed by atoms with van der Waals surface area (Å²) in [5, 5.41) is 0.442. The number of hydrogen-bond acceptors (Lipinski definition) is 3. The lowest BCUT2D eigenvalue weighted by Crippen LogP contribution is -2.49. The minimum Gasteiger partial charge on any atom is -0.366 e. The van der Waals surface area contributed by atoms with Gasteiger partial charge >= 0.3 is 0 Å². The predicted molar refractivity (Wildman–Crippen MR) is 100 cm³/mol. The quantitative estimate of drug-likeness (QED) is 0.845. The molecule has 1 aromatic carbocycles. The Labute approximate surface area is 152 Å². The van der Waals surface area contributed by atoms with Crippen molar-refractivity contribution in [2.75, 3.05) is 31.1 Å². The molecule has 0 bridgehead atoms. The van der Waals surface area contributed by atoms with Crippen molar-refractivity contribution in [3.8, 4) is 0 Å². The number of pyridine rings is 1. The lowest BCUT2D eigenvalue weighted by molar-refractivity contribution is -0.131. The lowest BCUT2D eigenvalue weighted by atomic mass is 10.1. The summed E-state index contributed by atoms with van der Waals surface area (Å²) in [6.07, 6.45) is 5.44. The van der Waals surface area contributed by atoms with Crippen LogP contribution < -0.4 is 10.3 Å². The van der Waals surface area contributed by atoms with E-state index in [-0.39, 0.29) is 17.2 Å². The van der Waals surface area contributed by atoms with Crippen LogP contribution in [0.2, 0.25) is 0 Å². The molecule has 1 aromatic heterocycles. The molecule has 1 aliphatic carbocycles. The topological polar surface area (TPSA) is 45.6 Å². The number of piperazine rings is 1. The van der Waals surface area contributed by atoms with E-state index in [4.69, 9.17) is 0 Å². The minimum atomic E-state index is -0.364. The van der Waals surface area contributed by atoms with Gasteiger partial charge in [0.15, 0.2) is 5.43 Å². The molecule has 26 heavy (non-hydrogen) atoms. The van der Waals surface area contributed by atoms with E-state index in [9.17, 15) is 14.0 Å². The summed E-state index contributed by atoms with van der Waals surface area (Å²) in [6, 6.07) is 5.13. The third kappa shape index (κ3) is 3.08. The number of halogens is 1. The monoisotopic (exact) mass is 357 g/mol. The standard InChI is InChI=1S/C20H24FN3O2/c1-2-3-20(26)23-10-8-22(9-11-23)18-13-17-15(12-16(18)21)19(25)6-7-24(17)14-4-5-14/h6-7,12-14H,2-5,8-11H2,1H3. The van der Waals surface area contributed by atoms with Gasteiger partial charge in [0.1, 0.15) is 5.82 Å². The molecule has 1 aliphatic heterocycles. The Morgan fingerprint density at radius 2 is 1.92 bits per heavy atom. The molecule has 0 N–H and O–H groups in total. The number of nitrogens with zero attached hydrogens (tertiary/aromatic N) is 3. The van der Waals surface area contributed by atoms with Crippen molar-refractivity contribution in [3.05, 3.63) is 40.4 Å². The largest absolute Gasteiger partial charge is 0.366 e. The van der Waals surface area contributed by atoms with Gasteiger partial charge in [0, 0.05) is 56.3 Å². The van der Waals surface area contributed by atoms with E-state index in [1.807, 2.05) is 29.0 Å². The summed E-state index contributed by atoms with van der Waals surface area (Å²) in [7, 11) is 0. The Bertz CT molecular complexity index is 896. The van der Waals surface area contributed by atoms with Crippen LogP contribution in [-0.4, -0.2) is 41.6 Å². The highest BCUT2D eigenvalue weighted by Gasteiger charge is 2.26. The molecule has 0 atom stereocenters. The van der Waals surface area contributed by atoms with Crippen LogP contribution in [0, 0.1) is 5.82 Å².